The van der Waals surface area contributed by atoms with Crippen LogP contribution in [-0.4, -0.2) is 34.9 Å². The number of hydrogen-bond acceptors (Lipinski definition) is 3. The average molecular weight is 396 g/mol. The topological polar surface area (TPSA) is 45.2 Å². The van der Waals surface area contributed by atoms with Gasteiger partial charge in [0.25, 0.3) is 0 Å². The van der Waals surface area contributed by atoms with Crippen LogP contribution < -0.4 is 5.32 Å². The van der Waals surface area contributed by atoms with Gasteiger partial charge >= 0.3 is 0 Å². The lowest BCUT2D eigenvalue weighted by molar-refractivity contribution is -0.133. The first-order valence-corrected chi connectivity index (χ1v) is 8.97. The summed E-state index contributed by atoms with van der Waals surface area (Å²) in [7, 11) is 0. The van der Waals surface area contributed by atoms with Crippen molar-refractivity contribution in [1.29, 1.82) is 0 Å². The van der Waals surface area contributed by atoms with Gasteiger partial charge in [0.2, 0.25) is 5.91 Å². The van der Waals surface area contributed by atoms with Crippen LogP contribution in [0.1, 0.15) is 30.5 Å². The quantitative estimate of drug-likeness (QED) is 0.842. The van der Waals surface area contributed by atoms with E-state index in [1.807, 2.05) is 18.2 Å². The minimum Gasteiger partial charge on any atom is -0.333 e. The Balaban J connectivity index is 0.00000261. The number of nitrogens with one attached hydrogen (secondary N) is 1. The van der Waals surface area contributed by atoms with Crippen LogP contribution in [-0.2, 0) is 17.8 Å². The van der Waals surface area contributed by atoms with Gasteiger partial charge in [-0.25, -0.2) is 8.78 Å². The Bertz CT molecular complexity index is 737. The second kappa shape index (κ2) is 10.3. The highest BCUT2D eigenvalue weighted by Gasteiger charge is 2.26. The maximum Gasteiger partial charge on any atom is 0.227 e. The highest BCUT2D eigenvalue weighted by molar-refractivity contribution is 5.85. The van der Waals surface area contributed by atoms with Crippen molar-refractivity contribution in [2.24, 2.45) is 0 Å². The van der Waals surface area contributed by atoms with E-state index < -0.39 is 11.6 Å². The van der Waals surface area contributed by atoms with Crippen molar-refractivity contribution in [3.05, 3.63) is 65.5 Å². The van der Waals surface area contributed by atoms with Crippen LogP contribution in [0.25, 0.3) is 0 Å². The van der Waals surface area contributed by atoms with Crippen LogP contribution in [0.3, 0.4) is 0 Å². The van der Waals surface area contributed by atoms with Crippen molar-refractivity contribution in [2.75, 3.05) is 13.1 Å². The van der Waals surface area contributed by atoms with E-state index >= 15 is 0 Å². The van der Waals surface area contributed by atoms with Crippen molar-refractivity contribution in [3.8, 4) is 0 Å². The minimum absolute atomic E-state index is 0. The van der Waals surface area contributed by atoms with E-state index in [4.69, 9.17) is 0 Å². The third kappa shape index (κ3) is 5.97. The van der Waals surface area contributed by atoms with E-state index in [-0.39, 0.29) is 36.3 Å². The number of rotatable bonds is 5. The van der Waals surface area contributed by atoms with E-state index in [1.165, 1.54) is 0 Å². The lowest BCUT2D eigenvalue weighted by Crippen LogP contribution is -2.41. The number of nitrogens with zero attached hydrogens (tertiary/aromatic N) is 2. The van der Waals surface area contributed by atoms with E-state index in [0.29, 0.717) is 6.54 Å². The molecule has 4 nitrogen and oxygen atoms in total. The van der Waals surface area contributed by atoms with Crippen molar-refractivity contribution < 1.29 is 13.6 Å². The second-order valence-corrected chi connectivity index (χ2v) is 6.59. The lowest BCUT2D eigenvalue weighted by Gasteiger charge is -2.31. The molecule has 146 valence electrons. The highest BCUT2D eigenvalue weighted by Crippen LogP contribution is 2.19. The van der Waals surface area contributed by atoms with Gasteiger partial charge in [-0.15, -0.1) is 12.4 Å². The van der Waals surface area contributed by atoms with Crippen molar-refractivity contribution >= 4 is 18.3 Å². The molecule has 1 aliphatic heterocycles. The van der Waals surface area contributed by atoms with Crippen molar-refractivity contribution in [3.63, 3.8) is 0 Å². The molecule has 1 unspecified atom stereocenters. The molecule has 3 rings (SSSR count). The zero-order valence-corrected chi connectivity index (χ0v) is 15.9. The molecular weight excluding hydrogens is 372 g/mol. The van der Waals surface area contributed by atoms with E-state index in [9.17, 15) is 13.6 Å². The molecule has 2 aromatic rings. The number of carbonyl (C=O) groups excluding carboxylic acids is 1. The fourth-order valence-electron chi connectivity index (χ4n) is 3.34. The molecule has 1 aliphatic rings. The smallest absolute Gasteiger partial charge is 0.227 e. The first-order chi connectivity index (χ1) is 12.6. The molecule has 0 saturated carbocycles. The summed E-state index contributed by atoms with van der Waals surface area (Å²) in [6.07, 6.45) is 4.24. The molecule has 0 spiro atoms. The summed E-state index contributed by atoms with van der Waals surface area (Å²) >= 11 is 0. The Hall–Kier alpha value is -2.05. The molecule has 1 atom stereocenters. The van der Waals surface area contributed by atoms with Crippen LogP contribution in [0.15, 0.2) is 42.6 Å². The highest BCUT2D eigenvalue weighted by atomic mass is 35.5. The average Bonchev–Trinajstić information content (AvgIpc) is 2.93. The number of amides is 1. The molecule has 1 N–H and O–H groups in total. The van der Waals surface area contributed by atoms with E-state index in [1.54, 1.807) is 11.1 Å². The number of benzene rings is 1. The first-order valence-electron chi connectivity index (χ1n) is 8.97. The third-order valence-electron chi connectivity index (χ3n) is 4.71. The summed E-state index contributed by atoms with van der Waals surface area (Å²) in [6, 6.07) is 8.87. The van der Waals surface area contributed by atoms with Crippen LogP contribution in [0.2, 0.25) is 0 Å². The number of aromatic nitrogens is 1. The van der Waals surface area contributed by atoms with Crippen LogP contribution in [0.5, 0.6) is 0 Å². The maximum absolute atomic E-state index is 14.0. The van der Waals surface area contributed by atoms with Gasteiger partial charge in [-0.3, -0.25) is 9.78 Å². The fourth-order valence-corrected chi connectivity index (χ4v) is 3.34. The lowest BCUT2D eigenvalue weighted by atomic mass is 10.0. The van der Waals surface area contributed by atoms with Gasteiger partial charge < -0.3 is 10.2 Å². The largest absolute Gasteiger partial charge is 0.333 e. The predicted molar refractivity (Wildman–Crippen MR) is 103 cm³/mol. The van der Waals surface area contributed by atoms with Crippen LogP contribution in [0, 0.1) is 11.6 Å². The van der Waals surface area contributed by atoms with Crippen molar-refractivity contribution in [1.82, 2.24) is 15.2 Å². The molecule has 2 heterocycles. The van der Waals surface area contributed by atoms with Gasteiger partial charge in [-0.05, 0) is 62.7 Å². The monoisotopic (exact) mass is 395 g/mol. The van der Waals surface area contributed by atoms with Gasteiger partial charge in [0, 0.05) is 17.8 Å². The molecule has 27 heavy (non-hydrogen) atoms. The Morgan fingerprint density at radius 3 is 2.81 bits per heavy atom. The molecule has 1 saturated heterocycles. The van der Waals surface area contributed by atoms with E-state index in [2.05, 4.69) is 10.3 Å². The first kappa shape index (κ1) is 21.3. The van der Waals surface area contributed by atoms with Gasteiger partial charge in [0.15, 0.2) is 0 Å². The summed E-state index contributed by atoms with van der Waals surface area (Å²) in [6.45, 7) is 2.15. The molecule has 1 amide bonds. The van der Waals surface area contributed by atoms with Crippen LogP contribution in [0.4, 0.5) is 8.78 Å². The normalized spacial score (nSPS) is 16.9. The number of pyridine rings is 1. The maximum atomic E-state index is 14.0. The SMILES string of the molecule is Cl.O=C(Cc1cc(F)ccc1F)N(Cc1ccccn1)C1CCCNCC1. The molecule has 1 aromatic carbocycles. The zero-order valence-electron chi connectivity index (χ0n) is 15.0. The molecule has 0 bridgehead atoms. The summed E-state index contributed by atoms with van der Waals surface area (Å²) in [5.41, 5.74) is 0.880. The molecule has 0 radical (unpaired) electrons. The summed E-state index contributed by atoms with van der Waals surface area (Å²) < 4.78 is 27.4. The number of carbonyl (C=O) groups is 1. The minimum atomic E-state index is -0.555. The second-order valence-electron chi connectivity index (χ2n) is 6.59. The molecular formula is C20H24ClF2N3O. The number of hydrogen-bond donors (Lipinski definition) is 1. The Morgan fingerprint density at radius 2 is 2.04 bits per heavy atom. The van der Waals surface area contributed by atoms with E-state index in [0.717, 1.165) is 56.2 Å². The Kier molecular flexibility index (Phi) is 8.13. The van der Waals surface area contributed by atoms with Gasteiger partial charge in [0.05, 0.1) is 18.7 Å². The summed E-state index contributed by atoms with van der Waals surface area (Å²) in [5.74, 6) is -1.30. The predicted octanol–water partition coefficient (Wildman–Crippen LogP) is 3.50. The van der Waals surface area contributed by atoms with Crippen LogP contribution >= 0.6 is 12.4 Å². The standard InChI is InChI=1S/C20H23F2N3O.ClH/c21-16-6-7-19(22)15(12-16)13-20(26)25(14-17-4-1-2-10-24-17)18-5-3-9-23-11-8-18;/h1-2,4,6-7,10,12,18,23H,3,5,8-9,11,13-14H2;1H. The van der Waals surface area contributed by atoms with Gasteiger partial charge in [-0.1, -0.05) is 6.07 Å². The molecule has 1 fully saturated rings. The Morgan fingerprint density at radius 1 is 1.19 bits per heavy atom. The summed E-state index contributed by atoms with van der Waals surface area (Å²) in [4.78, 5) is 19.1. The molecule has 0 aliphatic carbocycles. The third-order valence-corrected chi connectivity index (χ3v) is 4.71. The fraction of sp³-hybridized carbons (Fsp3) is 0.400. The van der Waals surface area contributed by atoms with Gasteiger partial charge in [-0.2, -0.15) is 0 Å². The Labute approximate surface area is 164 Å². The molecule has 1 aromatic heterocycles. The van der Waals surface area contributed by atoms with Gasteiger partial charge in [0.1, 0.15) is 11.6 Å². The molecule has 7 heteroatoms. The number of halogens is 3. The summed E-state index contributed by atoms with van der Waals surface area (Å²) in [5, 5.41) is 3.34. The zero-order chi connectivity index (χ0) is 18.4. The van der Waals surface area contributed by atoms with Crippen molar-refractivity contribution in [2.45, 2.75) is 38.3 Å².